The van der Waals surface area contributed by atoms with Crippen molar-refractivity contribution in [3.63, 3.8) is 0 Å². The number of carbonyl (C=O) groups excluding carboxylic acids is 1. The molecule has 0 spiro atoms. The molecule has 0 saturated heterocycles. The molecule has 1 N–H and O–H groups in total. The fourth-order valence-electron chi connectivity index (χ4n) is 3.60. The van der Waals surface area contributed by atoms with Gasteiger partial charge in [-0.2, -0.15) is 0 Å². The van der Waals surface area contributed by atoms with E-state index in [0.717, 1.165) is 23.5 Å². The third kappa shape index (κ3) is 4.26. The molecule has 0 unspecified atom stereocenters. The Morgan fingerprint density at radius 1 is 1.10 bits per heavy atom. The topological polar surface area (TPSA) is 75.7 Å². The van der Waals surface area contributed by atoms with Gasteiger partial charge < -0.3 is 4.74 Å². The molecule has 1 aromatic heterocycles. The number of methoxy groups -OCH3 is 1. The summed E-state index contributed by atoms with van der Waals surface area (Å²) in [6, 6.07) is 18.3. The molecule has 0 bridgehead atoms. The van der Waals surface area contributed by atoms with E-state index < -0.39 is 16.0 Å². The van der Waals surface area contributed by atoms with Crippen LogP contribution >= 0.6 is 11.3 Å². The van der Waals surface area contributed by atoms with Crippen LogP contribution in [0.25, 0.3) is 0 Å². The van der Waals surface area contributed by atoms with Gasteiger partial charge in [0, 0.05) is 24.5 Å². The fraction of sp³-hybridized carbons (Fsp3) is 0.227. The lowest BCUT2D eigenvalue weighted by Crippen LogP contribution is -2.29. The van der Waals surface area contributed by atoms with Crippen LogP contribution in [0.4, 0.5) is 5.00 Å². The summed E-state index contributed by atoms with van der Waals surface area (Å²) in [4.78, 5) is 15.9. The number of nitrogens with one attached hydrogen (secondary N) is 1. The number of benzene rings is 2. The Balaban J connectivity index is 1.63. The highest BCUT2D eigenvalue weighted by Gasteiger charge is 2.30. The molecular formula is C22H22N2O4S2. The van der Waals surface area contributed by atoms with Crippen molar-refractivity contribution in [1.29, 1.82) is 0 Å². The Labute approximate surface area is 180 Å². The maximum absolute atomic E-state index is 12.8. The van der Waals surface area contributed by atoms with Crippen LogP contribution in [0.5, 0.6) is 0 Å². The quantitative estimate of drug-likeness (QED) is 0.586. The summed E-state index contributed by atoms with van der Waals surface area (Å²) >= 11 is 1.31. The molecule has 2 heterocycles. The first-order valence-electron chi connectivity index (χ1n) is 9.55. The summed E-state index contributed by atoms with van der Waals surface area (Å²) in [5.74, 6) is -0.519. The van der Waals surface area contributed by atoms with Crippen LogP contribution in [0.2, 0.25) is 0 Å². The standard InChI is InChI=1S/C22H22N2O4S2/c1-28-22(25)20-18-12-13-24(14-16-8-4-2-5-9-16)15-19(18)29-21(20)23-30(26,27)17-10-6-3-7-11-17/h2-11,23H,12-15H2,1H3. The zero-order chi connectivity index (χ0) is 21.1. The van der Waals surface area contributed by atoms with Crippen LogP contribution in [0.3, 0.4) is 0 Å². The van der Waals surface area contributed by atoms with E-state index in [-0.39, 0.29) is 4.90 Å². The first-order chi connectivity index (χ1) is 14.5. The molecule has 156 valence electrons. The second-order valence-corrected chi connectivity index (χ2v) is 9.85. The van der Waals surface area contributed by atoms with Crippen molar-refractivity contribution in [2.45, 2.75) is 24.4 Å². The molecule has 3 aromatic rings. The van der Waals surface area contributed by atoms with Crippen molar-refractivity contribution in [1.82, 2.24) is 4.90 Å². The van der Waals surface area contributed by atoms with E-state index in [9.17, 15) is 13.2 Å². The first kappa shape index (κ1) is 20.6. The molecule has 0 fully saturated rings. The predicted molar refractivity (Wildman–Crippen MR) is 117 cm³/mol. The summed E-state index contributed by atoms with van der Waals surface area (Å²) < 4.78 is 33.2. The number of carbonyl (C=O) groups is 1. The number of hydrogen-bond acceptors (Lipinski definition) is 6. The summed E-state index contributed by atoms with van der Waals surface area (Å²) in [6.07, 6.45) is 0.663. The Kier molecular flexibility index (Phi) is 5.90. The van der Waals surface area contributed by atoms with Gasteiger partial charge in [0.25, 0.3) is 10.0 Å². The number of sulfonamides is 1. The molecule has 0 atom stereocenters. The highest BCUT2D eigenvalue weighted by molar-refractivity contribution is 7.93. The highest BCUT2D eigenvalue weighted by Crippen LogP contribution is 2.39. The normalized spacial score (nSPS) is 14.2. The van der Waals surface area contributed by atoms with Gasteiger partial charge >= 0.3 is 5.97 Å². The zero-order valence-corrected chi connectivity index (χ0v) is 18.1. The molecule has 1 aliphatic heterocycles. The monoisotopic (exact) mass is 442 g/mol. The molecule has 0 amide bonds. The second kappa shape index (κ2) is 8.59. The van der Waals surface area contributed by atoms with Crippen molar-refractivity contribution in [3.8, 4) is 0 Å². The van der Waals surface area contributed by atoms with E-state index in [1.165, 1.54) is 36.1 Å². The summed E-state index contributed by atoms with van der Waals surface area (Å²) in [7, 11) is -2.49. The van der Waals surface area contributed by atoms with Crippen LogP contribution in [-0.4, -0.2) is 32.9 Å². The Bertz CT molecular complexity index is 1140. The van der Waals surface area contributed by atoms with Crippen LogP contribution in [0.1, 0.15) is 26.4 Å². The van der Waals surface area contributed by atoms with Gasteiger partial charge in [-0.1, -0.05) is 48.5 Å². The maximum atomic E-state index is 12.8. The average Bonchev–Trinajstić information content (AvgIpc) is 3.11. The number of anilines is 1. The molecule has 4 rings (SSSR count). The Morgan fingerprint density at radius 3 is 2.43 bits per heavy atom. The number of rotatable bonds is 6. The minimum absolute atomic E-state index is 0.151. The summed E-state index contributed by atoms with van der Waals surface area (Å²) in [5, 5.41) is 0.317. The van der Waals surface area contributed by atoms with Gasteiger partial charge in [-0.15, -0.1) is 11.3 Å². The van der Waals surface area contributed by atoms with E-state index in [1.54, 1.807) is 18.2 Å². The Morgan fingerprint density at radius 2 is 1.77 bits per heavy atom. The second-order valence-electron chi connectivity index (χ2n) is 7.06. The third-order valence-electron chi connectivity index (χ3n) is 5.06. The van der Waals surface area contributed by atoms with E-state index in [1.807, 2.05) is 18.2 Å². The first-order valence-corrected chi connectivity index (χ1v) is 11.8. The van der Waals surface area contributed by atoms with Gasteiger partial charge in [-0.05, 0) is 29.7 Å². The van der Waals surface area contributed by atoms with Crippen molar-refractivity contribution < 1.29 is 17.9 Å². The van der Waals surface area contributed by atoms with Gasteiger partial charge in [0.2, 0.25) is 0 Å². The van der Waals surface area contributed by atoms with Gasteiger partial charge in [-0.25, -0.2) is 13.2 Å². The van der Waals surface area contributed by atoms with Crippen molar-refractivity contribution in [2.75, 3.05) is 18.4 Å². The lowest BCUT2D eigenvalue weighted by atomic mass is 10.0. The van der Waals surface area contributed by atoms with Gasteiger partial charge in [0.1, 0.15) is 5.00 Å². The van der Waals surface area contributed by atoms with E-state index in [2.05, 4.69) is 21.8 Å². The van der Waals surface area contributed by atoms with E-state index >= 15 is 0 Å². The van der Waals surface area contributed by atoms with Crippen molar-refractivity contribution in [2.24, 2.45) is 0 Å². The minimum atomic E-state index is -3.80. The van der Waals surface area contributed by atoms with Crippen LogP contribution < -0.4 is 4.72 Å². The largest absolute Gasteiger partial charge is 0.465 e. The number of fused-ring (bicyclic) bond motifs is 1. The number of ether oxygens (including phenoxy) is 1. The zero-order valence-electron chi connectivity index (χ0n) is 16.5. The number of nitrogens with zero attached hydrogens (tertiary/aromatic N) is 1. The van der Waals surface area contributed by atoms with Crippen molar-refractivity contribution >= 4 is 32.3 Å². The number of thiophene rings is 1. The van der Waals surface area contributed by atoms with Gasteiger partial charge in [0.05, 0.1) is 17.6 Å². The maximum Gasteiger partial charge on any atom is 0.341 e. The molecule has 8 heteroatoms. The van der Waals surface area contributed by atoms with E-state index in [4.69, 9.17) is 4.74 Å². The molecule has 6 nitrogen and oxygen atoms in total. The van der Waals surface area contributed by atoms with Crippen LogP contribution in [0.15, 0.2) is 65.6 Å². The highest BCUT2D eigenvalue weighted by atomic mass is 32.2. The number of hydrogen-bond donors (Lipinski definition) is 1. The lowest BCUT2D eigenvalue weighted by Gasteiger charge is -2.27. The summed E-state index contributed by atoms with van der Waals surface area (Å²) in [6.45, 7) is 2.25. The molecule has 0 saturated carbocycles. The number of esters is 1. The van der Waals surface area contributed by atoms with Crippen LogP contribution in [0, 0.1) is 0 Å². The molecule has 30 heavy (non-hydrogen) atoms. The lowest BCUT2D eigenvalue weighted by molar-refractivity contribution is 0.0600. The smallest absolute Gasteiger partial charge is 0.341 e. The molecular weight excluding hydrogens is 420 g/mol. The predicted octanol–water partition coefficient (Wildman–Crippen LogP) is 3.89. The molecule has 0 radical (unpaired) electrons. The molecule has 2 aromatic carbocycles. The fourth-order valence-corrected chi connectivity index (χ4v) is 6.21. The van der Waals surface area contributed by atoms with E-state index in [0.29, 0.717) is 23.5 Å². The van der Waals surface area contributed by atoms with Gasteiger partial charge in [-0.3, -0.25) is 9.62 Å². The SMILES string of the molecule is COC(=O)c1c(NS(=O)(=O)c2ccccc2)sc2c1CCN(Cc1ccccc1)C2. The minimum Gasteiger partial charge on any atom is -0.465 e. The summed E-state index contributed by atoms with van der Waals surface area (Å²) in [5.41, 5.74) is 2.42. The third-order valence-corrected chi connectivity index (χ3v) is 7.68. The molecule has 1 aliphatic rings. The average molecular weight is 443 g/mol. The van der Waals surface area contributed by atoms with Gasteiger partial charge in [0.15, 0.2) is 0 Å². The van der Waals surface area contributed by atoms with Crippen molar-refractivity contribution in [3.05, 3.63) is 82.2 Å². The molecule has 0 aliphatic carbocycles. The van der Waals surface area contributed by atoms with Crippen LogP contribution in [-0.2, 0) is 34.3 Å². The Hall–Kier alpha value is -2.68.